The quantitative estimate of drug-likeness (QED) is 0.778. The van der Waals surface area contributed by atoms with E-state index >= 15 is 0 Å². The standard InChI is InChI=1S/C17H15BrN2O/c18-17-15-4-2-1-3-13(15)6-8-16(17)21-11-14-7-5-12(9-19)10-20-14/h1-8,10H,9,11,19H2. The van der Waals surface area contributed by atoms with Crippen molar-refractivity contribution in [3.8, 4) is 5.75 Å². The van der Waals surface area contributed by atoms with Gasteiger partial charge in [-0.3, -0.25) is 4.98 Å². The highest BCUT2D eigenvalue weighted by Gasteiger charge is 2.06. The Kier molecular flexibility index (Phi) is 4.18. The molecule has 0 saturated heterocycles. The molecule has 1 aromatic heterocycles. The van der Waals surface area contributed by atoms with Crippen molar-refractivity contribution in [3.05, 3.63) is 70.5 Å². The van der Waals surface area contributed by atoms with Crippen molar-refractivity contribution < 1.29 is 4.74 Å². The fourth-order valence-corrected chi connectivity index (χ4v) is 2.75. The van der Waals surface area contributed by atoms with Crippen molar-refractivity contribution in [3.63, 3.8) is 0 Å². The summed E-state index contributed by atoms with van der Waals surface area (Å²) in [5, 5.41) is 2.32. The molecule has 0 aliphatic carbocycles. The molecule has 0 aliphatic rings. The van der Waals surface area contributed by atoms with E-state index in [0.29, 0.717) is 13.2 Å². The van der Waals surface area contributed by atoms with Crippen molar-refractivity contribution in [1.82, 2.24) is 4.98 Å². The minimum atomic E-state index is 0.432. The minimum Gasteiger partial charge on any atom is -0.486 e. The molecule has 0 aliphatic heterocycles. The Morgan fingerprint density at radius 1 is 1.05 bits per heavy atom. The van der Waals surface area contributed by atoms with Gasteiger partial charge in [-0.05, 0) is 44.4 Å². The van der Waals surface area contributed by atoms with Crippen LogP contribution in [0.4, 0.5) is 0 Å². The molecule has 0 saturated carbocycles. The van der Waals surface area contributed by atoms with E-state index in [4.69, 9.17) is 10.5 Å². The summed E-state index contributed by atoms with van der Waals surface area (Å²) in [6.45, 7) is 0.937. The zero-order valence-electron chi connectivity index (χ0n) is 11.4. The molecule has 0 amide bonds. The van der Waals surface area contributed by atoms with Crippen LogP contribution in [0.15, 0.2) is 59.2 Å². The van der Waals surface area contributed by atoms with Crippen molar-refractivity contribution in [2.24, 2.45) is 5.73 Å². The van der Waals surface area contributed by atoms with Gasteiger partial charge in [-0.1, -0.05) is 36.4 Å². The van der Waals surface area contributed by atoms with Gasteiger partial charge < -0.3 is 10.5 Å². The van der Waals surface area contributed by atoms with Crippen molar-refractivity contribution in [2.45, 2.75) is 13.2 Å². The Morgan fingerprint density at radius 2 is 1.90 bits per heavy atom. The summed E-state index contributed by atoms with van der Waals surface area (Å²) < 4.78 is 6.84. The molecule has 2 aromatic carbocycles. The third-order valence-corrected chi connectivity index (χ3v) is 4.14. The minimum absolute atomic E-state index is 0.432. The SMILES string of the molecule is NCc1ccc(COc2ccc3ccccc3c2Br)nc1. The van der Waals surface area contributed by atoms with Gasteiger partial charge >= 0.3 is 0 Å². The molecule has 4 heteroatoms. The smallest absolute Gasteiger partial charge is 0.134 e. The molecule has 3 rings (SSSR count). The van der Waals surface area contributed by atoms with E-state index in [9.17, 15) is 0 Å². The van der Waals surface area contributed by atoms with E-state index in [-0.39, 0.29) is 0 Å². The molecule has 3 nitrogen and oxygen atoms in total. The molecule has 2 N–H and O–H groups in total. The first-order valence-electron chi connectivity index (χ1n) is 6.72. The third kappa shape index (κ3) is 3.06. The first kappa shape index (κ1) is 14.0. The topological polar surface area (TPSA) is 48.1 Å². The Labute approximate surface area is 131 Å². The molecule has 0 fully saturated rings. The number of halogens is 1. The van der Waals surface area contributed by atoms with Crippen molar-refractivity contribution >= 4 is 26.7 Å². The summed E-state index contributed by atoms with van der Waals surface area (Å²) >= 11 is 3.62. The molecule has 1 heterocycles. The van der Waals surface area contributed by atoms with E-state index in [1.54, 1.807) is 6.20 Å². The summed E-state index contributed by atoms with van der Waals surface area (Å²) in [7, 11) is 0. The maximum atomic E-state index is 5.86. The lowest BCUT2D eigenvalue weighted by Crippen LogP contribution is -2.01. The van der Waals surface area contributed by atoms with Gasteiger partial charge in [-0.25, -0.2) is 0 Å². The number of hydrogen-bond donors (Lipinski definition) is 1. The molecule has 3 aromatic rings. The second-order valence-corrected chi connectivity index (χ2v) is 5.54. The molecular weight excluding hydrogens is 328 g/mol. The number of nitrogens with two attached hydrogens (primary N) is 1. The van der Waals surface area contributed by atoms with Crippen LogP contribution in [0.3, 0.4) is 0 Å². The summed E-state index contributed by atoms with van der Waals surface area (Å²) in [6.07, 6.45) is 1.79. The van der Waals surface area contributed by atoms with Crippen molar-refractivity contribution in [2.75, 3.05) is 0 Å². The van der Waals surface area contributed by atoms with E-state index in [0.717, 1.165) is 26.9 Å². The lowest BCUT2D eigenvalue weighted by atomic mass is 10.1. The van der Waals surface area contributed by atoms with Crippen molar-refractivity contribution in [1.29, 1.82) is 0 Å². The molecule has 21 heavy (non-hydrogen) atoms. The largest absolute Gasteiger partial charge is 0.486 e. The van der Waals surface area contributed by atoms with Gasteiger partial charge in [0, 0.05) is 12.7 Å². The van der Waals surface area contributed by atoms with E-state index in [2.05, 4.69) is 39.1 Å². The van der Waals surface area contributed by atoms with Crippen LogP contribution in [0.2, 0.25) is 0 Å². The Balaban J connectivity index is 1.79. The molecule has 106 valence electrons. The number of pyridine rings is 1. The second kappa shape index (κ2) is 6.24. The number of nitrogens with zero attached hydrogens (tertiary/aromatic N) is 1. The van der Waals surface area contributed by atoms with Crippen LogP contribution in [0, 0.1) is 0 Å². The molecule has 0 spiro atoms. The maximum Gasteiger partial charge on any atom is 0.134 e. The number of hydrogen-bond acceptors (Lipinski definition) is 3. The van der Waals surface area contributed by atoms with Gasteiger partial charge in [0.1, 0.15) is 12.4 Å². The number of ether oxygens (including phenoxy) is 1. The van der Waals surface area contributed by atoms with Gasteiger partial charge in [0.05, 0.1) is 10.2 Å². The highest BCUT2D eigenvalue weighted by Crippen LogP contribution is 2.33. The highest BCUT2D eigenvalue weighted by molar-refractivity contribution is 9.10. The van der Waals surface area contributed by atoms with Gasteiger partial charge in [0.25, 0.3) is 0 Å². The average molecular weight is 343 g/mol. The Morgan fingerprint density at radius 3 is 2.67 bits per heavy atom. The van der Waals surface area contributed by atoms with Gasteiger partial charge in [-0.15, -0.1) is 0 Å². The predicted molar refractivity (Wildman–Crippen MR) is 88.1 cm³/mol. The molecule has 0 unspecified atom stereocenters. The summed E-state index contributed by atoms with van der Waals surface area (Å²) in [6, 6.07) is 16.1. The summed E-state index contributed by atoms with van der Waals surface area (Å²) in [5.74, 6) is 0.818. The number of benzene rings is 2. The molecule has 0 bridgehead atoms. The number of aromatic nitrogens is 1. The van der Waals surface area contributed by atoms with Crippen LogP contribution in [0.5, 0.6) is 5.75 Å². The molecular formula is C17H15BrN2O. The van der Waals surface area contributed by atoms with E-state index in [1.165, 1.54) is 5.39 Å². The first-order chi connectivity index (χ1) is 10.3. The maximum absolute atomic E-state index is 5.86. The fraction of sp³-hybridized carbons (Fsp3) is 0.118. The third-order valence-electron chi connectivity index (χ3n) is 3.33. The van der Waals surface area contributed by atoms with Crippen LogP contribution < -0.4 is 10.5 Å². The normalized spacial score (nSPS) is 10.8. The molecule has 0 radical (unpaired) electrons. The van der Waals surface area contributed by atoms with Gasteiger partial charge in [0.15, 0.2) is 0 Å². The van der Waals surface area contributed by atoms with Gasteiger partial charge in [-0.2, -0.15) is 0 Å². The van der Waals surface area contributed by atoms with Crippen LogP contribution in [-0.2, 0) is 13.2 Å². The lowest BCUT2D eigenvalue weighted by Gasteiger charge is -2.10. The Hall–Kier alpha value is -1.91. The molecule has 0 atom stereocenters. The zero-order valence-corrected chi connectivity index (χ0v) is 13.0. The summed E-state index contributed by atoms with van der Waals surface area (Å²) in [4.78, 5) is 4.34. The van der Waals surface area contributed by atoms with Crippen LogP contribution >= 0.6 is 15.9 Å². The van der Waals surface area contributed by atoms with Crippen LogP contribution in [0.25, 0.3) is 10.8 Å². The fourth-order valence-electron chi connectivity index (χ4n) is 2.14. The highest BCUT2D eigenvalue weighted by atomic mass is 79.9. The monoisotopic (exact) mass is 342 g/mol. The number of fused-ring (bicyclic) bond motifs is 1. The van der Waals surface area contributed by atoms with Crippen LogP contribution in [0.1, 0.15) is 11.3 Å². The van der Waals surface area contributed by atoms with E-state index < -0.39 is 0 Å². The average Bonchev–Trinajstić information content (AvgIpc) is 2.55. The second-order valence-electron chi connectivity index (χ2n) is 4.75. The van der Waals surface area contributed by atoms with Crippen LogP contribution in [-0.4, -0.2) is 4.98 Å². The number of rotatable bonds is 4. The zero-order chi connectivity index (χ0) is 14.7. The van der Waals surface area contributed by atoms with E-state index in [1.807, 2.05) is 30.3 Å². The lowest BCUT2D eigenvalue weighted by molar-refractivity contribution is 0.300. The van der Waals surface area contributed by atoms with Gasteiger partial charge in [0.2, 0.25) is 0 Å². The first-order valence-corrected chi connectivity index (χ1v) is 7.51. The predicted octanol–water partition coefficient (Wildman–Crippen LogP) is 4.04. The summed E-state index contributed by atoms with van der Waals surface area (Å²) in [5.41, 5.74) is 7.46. The Bertz CT molecular complexity index is 756.